The zero-order valence-electron chi connectivity index (χ0n) is 9.42. The van der Waals surface area contributed by atoms with Crippen molar-refractivity contribution in [1.82, 2.24) is 0 Å². The fraction of sp³-hybridized carbons (Fsp3) is 0.600. The summed E-state index contributed by atoms with van der Waals surface area (Å²) in [7, 11) is 0. The molecule has 0 bridgehead atoms. The van der Waals surface area contributed by atoms with Crippen molar-refractivity contribution in [2.75, 3.05) is 25.0 Å². The van der Waals surface area contributed by atoms with Gasteiger partial charge in [0.25, 0.3) is 0 Å². The molecule has 0 rings (SSSR count). The highest BCUT2D eigenvalue weighted by atomic mass is 35.5. The van der Waals surface area contributed by atoms with E-state index in [0.717, 1.165) is 12.2 Å². The molecule has 0 aromatic heterocycles. The first-order valence-corrected chi connectivity index (χ1v) is 6.06. The van der Waals surface area contributed by atoms with Gasteiger partial charge < -0.3 is 19.7 Å². The minimum atomic E-state index is -0.949. The second kappa shape index (κ2) is 10.1. The minimum absolute atomic E-state index is 0.0602. The van der Waals surface area contributed by atoms with Crippen LogP contribution in [0.1, 0.15) is 0 Å². The van der Waals surface area contributed by atoms with E-state index in [-0.39, 0.29) is 25.0 Å². The van der Waals surface area contributed by atoms with Gasteiger partial charge >= 0.3 is 11.9 Å². The largest absolute Gasteiger partial charge is 0.460 e. The summed E-state index contributed by atoms with van der Waals surface area (Å²) in [6.07, 6.45) is -0.211. The average molecular weight is 301 g/mol. The van der Waals surface area contributed by atoms with E-state index in [4.69, 9.17) is 33.4 Å². The van der Waals surface area contributed by atoms with Crippen molar-refractivity contribution in [3.05, 3.63) is 12.2 Å². The van der Waals surface area contributed by atoms with Crippen LogP contribution < -0.4 is 0 Å². The highest BCUT2D eigenvalue weighted by molar-refractivity contribution is 6.18. The van der Waals surface area contributed by atoms with E-state index in [1.165, 1.54) is 0 Å². The lowest BCUT2D eigenvalue weighted by molar-refractivity contribution is -0.142. The van der Waals surface area contributed by atoms with Crippen LogP contribution in [0.4, 0.5) is 0 Å². The van der Waals surface area contributed by atoms with Gasteiger partial charge in [-0.25, -0.2) is 9.59 Å². The first-order chi connectivity index (χ1) is 8.49. The van der Waals surface area contributed by atoms with Crippen LogP contribution in [0, 0.1) is 0 Å². The summed E-state index contributed by atoms with van der Waals surface area (Å²) < 4.78 is 9.11. The molecule has 0 saturated carbocycles. The number of aliphatic hydroxyl groups excluding tert-OH is 2. The predicted molar refractivity (Wildman–Crippen MR) is 64.5 cm³/mol. The summed E-state index contributed by atoms with van der Waals surface area (Å²) in [5.41, 5.74) is 0. The van der Waals surface area contributed by atoms with E-state index in [2.05, 4.69) is 9.47 Å². The summed E-state index contributed by atoms with van der Waals surface area (Å²) in [6, 6.07) is 0. The molecule has 6 nitrogen and oxygen atoms in total. The predicted octanol–water partition coefficient (Wildman–Crippen LogP) is -0.172. The molecule has 0 radical (unpaired) electrons. The van der Waals surface area contributed by atoms with Crippen molar-refractivity contribution in [2.24, 2.45) is 0 Å². The number of rotatable bonds is 8. The monoisotopic (exact) mass is 300 g/mol. The molecule has 0 spiro atoms. The summed E-state index contributed by atoms with van der Waals surface area (Å²) in [6.45, 7) is -0.515. The number of aliphatic hydroxyl groups is 2. The fourth-order valence-electron chi connectivity index (χ4n) is 0.678. The summed E-state index contributed by atoms with van der Waals surface area (Å²) >= 11 is 10.6. The van der Waals surface area contributed by atoms with Crippen LogP contribution in [-0.2, 0) is 19.1 Å². The molecule has 0 amide bonds. The van der Waals surface area contributed by atoms with E-state index in [0.29, 0.717) is 0 Å². The van der Waals surface area contributed by atoms with Crippen LogP contribution in [0.5, 0.6) is 0 Å². The molecule has 0 aliphatic heterocycles. The lowest BCUT2D eigenvalue weighted by atomic mass is 10.4. The highest BCUT2D eigenvalue weighted by Crippen LogP contribution is 1.93. The second-order valence-corrected chi connectivity index (χ2v) is 3.83. The van der Waals surface area contributed by atoms with Crippen molar-refractivity contribution in [3.8, 4) is 0 Å². The molecule has 0 aliphatic rings. The van der Waals surface area contributed by atoms with Crippen molar-refractivity contribution >= 4 is 35.1 Å². The molecule has 18 heavy (non-hydrogen) atoms. The number of alkyl halides is 2. The van der Waals surface area contributed by atoms with Crippen LogP contribution in [0.2, 0.25) is 0 Å². The van der Waals surface area contributed by atoms with Crippen molar-refractivity contribution < 1.29 is 29.3 Å². The minimum Gasteiger partial charge on any atom is -0.460 e. The van der Waals surface area contributed by atoms with E-state index >= 15 is 0 Å². The Morgan fingerprint density at radius 1 is 0.944 bits per heavy atom. The molecular formula is C10H14Cl2O6. The Bertz CT molecular complexity index is 266. The summed E-state index contributed by atoms with van der Waals surface area (Å²) in [5.74, 6) is -1.74. The maximum absolute atomic E-state index is 11.0. The van der Waals surface area contributed by atoms with Gasteiger partial charge in [0.15, 0.2) is 0 Å². The van der Waals surface area contributed by atoms with E-state index < -0.39 is 24.1 Å². The van der Waals surface area contributed by atoms with E-state index in [1.54, 1.807) is 0 Å². The Labute approximate surface area is 114 Å². The molecule has 104 valence electrons. The third-order valence-corrected chi connectivity index (χ3v) is 2.26. The van der Waals surface area contributed by atoms with Gasteiger partial charge in [0.05, 0.1) is 11.8 Å². The first-order valence-electron chi connectivity index (χ1n) is 4.99. The molecule has 0 saturated heterocycles. The number of ether oxygens (including phenoxy) is 2. The van der Waals surface area contributed by atoms with Crippen LogP contribution in [0.3, 0.4) is 0 Å². The van der Waals surface area contributed by atoms with Crippen molar-refractivity contribution in [1.29, 1.82) is 0 Å². The van der Waals surface area contributed by atoms with Crippen molar-refractivity contribution in [2.45, 2.75) is 12.2 Å². The Morgan fingerprint density at radius 3 is 1.56 bits per heavy atom. The molecule has 8 heteroatoms. The first kappa shape index (κ1) is 17.2. The maximum Gasteiger partial charge on any atom is 0.331 e. The van der Waals surface area contributed by atoms with Crippen LogP contribution in [-0.4, -0.2) is 59.3 Å². The topological polar surface area (TPSA) is 93.1 Å². The maximum atomic E-state index is 11.0. The van der Waals surface area contributed by atoms with Crippen molar-refractivity contribution in [3.63, 3.8) is 0 Å². The molecule has 2 unspecified atom stereocenters. The molecule has 0 aromatic carbocycles. The Kier molecular flexibility index (Phi) is 9.67. The number of halogens is 2. The SMILES string of the molecule is O=C(/C=C/C(=O)OCC(O)CCl)OCC(O)CCl. The van der Waals surface area contributed by atoms with Crippen LogP contribution in [0.25, 0.3) is 0 Å². The zero-order valence-corrected chi connectivity index (χ0v) is 10.9. The van der Waals surface area contributed by atoms with Crippen LogP contribution >= 0.6 is 23.2 Å². The van der Waals surface area contributed by atoms with Gasteiger partial charge in [0.2, 0.25) is 0 Å². The van der Waals surface area contributed by atoms with Gasteiger partial charge in [-0.3, -0.25) is 0 Å². The third kappa shape index (κ3) is 9.23. The number of esters is 2. The van der Waals surface area contributed by atoms with Gasteiger partial charge in [0.1, 0.15) is 25.4 Å². The lowest BCUT2D eigenvalue weighted by Gasteiger charge is -2.06. The standard InChI is InChI=1S/C10H14Cl2O6/c11-3-7(13)5-17-9(15)1-2-10(16)18-6-8(14)4-12/h1-2,7-8,13-14H,3-6H2/b2-1+. The normalized spacial score (nSPS) is 14.2. The smallest absolute Gasteiger partial charge is 0.331 e. The van der Waals surface area contributed by atoms with Gasteiger partial charge in [-0.15, -0.1) is 23.2 Å². The highest BCUT2D eigenvalue weighted by Gasteiger charge is 2.07. The zero-order chi connectivity index (χ0) is 14.0. The number of carbonyl (C=O) groups excluding carboxylic acids is 2. The Hall–Kier alpha value is -0.820. The van der Waals surface area contributed by atoms with Crippen LogP contribution in [0.15, 0.2) is 12.2 Å². The fourth-order valence-corrected chi connectivity index (χ4v) is 0.856. The number of carbonyl (C=O) groups is 2. The molecule has 0 aliphatic carbocycles. The lowest BCUT2D eigenvalue weighted by Crippen LogP contribution is -2.20. The number of hydrogen-bond acceptors (Lipinski definition) is 6. The molecule has 2 atom stereocenters. The molecule has 2 N–H and O–H groups in total. The average Bonchev–Trinajstić information content (AvgIpc) is 2.39. The van der Waals surface area contributed by atoms with E-state index in [1.807, 2.05) is 0 Å². The summed E-state index contributed by atoms with van der Waals surface area (Å²) in [4.78, 5) is 22.0. The van der Waals surface area contributed by atoms with E-state index in [9.17, 15) is 9.59 Å². The molecular weight excluding hydrogens is 287 g/mol. The quantitative estimate of drug-likeness (QED) is 0.367. The van der Waals surface area contributed by atoms with Gasteiger partial charge in [-0.05, 0) is 0 Å². The van der Waals surface area contributed by atoms with Gasteiger partial charge in [-0.1, -0.05) is 0 Å². The second-order valence-electron chi connectivity index (χ2n) is 3.21. The Morgan fingerprint density at radius 2 is 1.28 bits per heavy atom. The molecule has 0 heterocycles. The summed E-state index contributed by atoms with van der Waals surface area (Å²) in [5, 5.41) is 18.0. The van der Waals surface area contributed by atoms with Gasteiger partial charge in [-0.2, -0.15) is 0 Å². The Balaban J connectivity index is 3.85. The number of hydrogen-bond donors (Lipinski definition) is 2. The molecule has 0 aromatic rings. The van der Waals surface area contributed by atoms with Gasteiger partial charge in [0, 0.05) is 12.2 Å². The molecule has 0 fully saturated rings. The third-order valence-electron chi connectivity index (χ3n) is 1.55.